The SMILES string of the molecule is CCCNC(c1ccc(C)c(C)c1)c1cc(C)nn1C. The Labute approximate surface area is 122 Å². The minimum absolute atomic E-state index is 0.209. The lowest BCUT2D eigenvalue weighted by Gasteiger charge is -2.20. The lowest BCUT2D eigenvalue weighted by molar-refractivity contribution is 0.553. The zero-order valence-electron chi connectivity index (χ0n) is 13.2. The van der Waals surface area contributed by atoms with Crippen LogP contribution in [-0.2, 0) is 7.05 Å². The summed E-state index contributed by atoms with van der Waals surface area (Å²) in [6, 6.07) is 9.08. The van der Waals surface area contributed by atoms with Crippen molar-refractivity contribution in [3.8, 4) is 0 Å². The van der Waals surface area contributed by atoms with E-state index >= 15 is 0 Å². The fraction of sp³-hybridized carbons (Fsp3) is 0.471. The van der Waals surface area contributed by atoms with E-state index in [9.17, 15) is 0 Å². The fourth-order valence-corrected chi connectivity index (χ4v) is 2.53. The maximum absolute atomic E-state index is 4.48. The van der Waals surface area contributed by atoms with Crippen LogP contribution in [0.2, 0.25) is 0 Å². The van der Waals surface area contributed by atoms with Crippen LogP contribution in [0.4, 0.5) is 0 Å². The van der Waals surface area contributed by atoms with Crippen LogP contribution in [-0.4, -0.2) is 16.3 Å². The van der Waals surface area contributed by atoms with Crippen LogP contribution in [0.5, 0.6) is 0 Å². The molecule has 1 heterocycles. The standard InChI is InChI=1S/C17H25N3/c1-6-9-18-17(16-11-14(4)19-20(16)5)15-8-7-12(2)13(3)10-15/h7-8,10-11,17-18H,6,9H2,1-5H3. The number of hydrogen-bond donors (Lipinski definition) is 1. The van der Waals surface area contributed by atoms with Gasteiger partial charge in [0.15, 0.2) is 0 Å². The number of aromatic nitrogens is 2. The third-order valence-electron chi connectivity index (χ3n) is 3.80. The highest BCUT2D eigenvalue weighted by Crippen LogP contribution is 2.24. The normalized spacial score (nSPS) is 12.7. The van der Waals surface area contributed by atoms with Gasteiger partial charge in [0.05, 0.1) is 17.4 Å². The van der Waals surface area contributed by atoms with Gasteiger partial charge in [-0.05, 0) is 56.5 Å². The number of benzene rings is 1. The third-order valence-corrected chi connectivity index (χ3v) is 3.80. The molecular formula is C17H25N3. The van der Waals surface area contributed by atoms with Crippen LogP contribution in [0.15, 0.2) is 24.3 Å². The molecule has 0 aliphatic rings. The molecule has 1 unspecified atom stereocenters. The molecule has 0 bridgehead atoms. The average molecular weight is 271 g/mol. The Bertz CT molecular complexity index is 584. The van der Waals surface area contributed by atoms with Gasteiger partial charge in [0.1, 0.15) is 0 Å². The maximum Gasteiger partial charge on any atom is 0.0748 e. The van der Waals surface area contributed by atoms with Gasteiger partial charge in [-0.15, -0.1) is 0 Å². The van der Waals surface area contributed by atoms with Crippen LogP contribution in [0, 0.1) is 20.8 Å². The molecule has 0 spiro atoms. The fourth-order valence-electron chi connectivity index (χ4n) is 2.53. The molecule has 1 aromatic heterocycles. The Morgan fingerprint density at radius 3 is 2.45 bits per heavy atom. The summed E-state index contributed by atoms with van der Waals surface area (Å²) < 4.78 is 1.98. The van der Waals surface area contributed by atoms with Crippen molar-refractivity contribution in [2.45, 2.75) is 40.2 Å². The zero-order chi connectivity index (χ0) is 14.7. The molecule has 0 aliphatic heterocycles. The molecule has 0 radical (unpaired) electrons. The monoisotopic (exact) mass is 271 g/mol. The van der Waals surface area contributed by atoms with Gasteiger partial charge in [-0.1, -0.05) is 25.1 Å². The molecule has 0 saturated heterocycles. The van der Waals surface area contributed by atoms with E-state index in [2.05, 4.69) is 55.5 Å². The molecular weight excluding hydrogens is 246 g/mol. The second-order valence-corrected chi connectivity index (χ2v) is 5.57. The van der Waals surface area contributed by atoms with Crippen molar-refractivity contribution in [3.05, 3.63) is 52.3 Å². The number of aryl methyl sites for hydroxylation is 4. The van der Waals surface area contributed by atoms with Crippen molar-refractivity contribution >= 4 is 0 Å². The predicted octanol–water partition coefficient (Wildman–Crippen LogP) is 3.43. The van der Waals surface area contributed by atoms with Gasteiger partial charge in [-0.3, -0.25) is 4.68 Å². The largest absolute Gasteiger partial charge is 0.305 e. The molecule has 1 N–H and O–H groups in total. The molecule has 0 saturated carbocycles. The first-order valence-corrected chi connectivity index (χ1v) is 7.34. The molecule has 0 aliphatic carbocycles. The highest BCUT2D eigenvalue weighted by molar-refractivity contribution is 5.35. The van der Waals surface area contributed by atoms with Crippen LogP contribution in [0.25, 0.3) is 0 Å². The van der Waals surface area contributed by atoms with Crippen LogP contribution >= 0.6 is 0 Å². The number of hydrogen-bond acceptors (Lipinski definition) is 2. The summed E-state index contributed by atoms with van der Waals surface area (Å²) in [6.07, 6.45) is 1.12. The first kappa shape index (κ1) is 14.8. The van der Waals surface area contributed by atoms with Crippen molar-refractivity contribution in [2.24, 2.45) is 7.05 Å². The van der Waals surface area contributed by atoms with Gasteiger partial charge < -0.3 is 5.32 Å². The number of nitrogens with one attached hydrogen (secondary N) is 1. The van der Waals surface area contributed by atoms with Gasteiger partial charge in [0.25, 0.3) is 0 Å². The summed E-state index contributed by atoms with van der Waals surface area (Å²) in [5.74, 6) is 0. The van der Waals surface area contributed by atoms with E-state index in [1.54, 1.807) is 0 Å². The van der Waals surface area contributed by atoms with E-state index in [4.69, 9.17) is 0 Å². The molecule has 1 atom stereocenters. The third kappa shape index (κ3) is 3.10. The topological polar surface area (TPSA) is 29.9 Å². The van der Waals surface area contributed by atoms with Gasteiger partial charge in [-0.25, -0.2) is 0 Å². The van der Waals surface area contributed by atoms with Crippen molar-refractivity contribution in [2.75, 3.05) is 6.54 Å². The molecule has 3 heteroatoms. The summed E-state index contributed by atoms with van der Waals surface area (Å²) >= 11 is 0. The number of rotatable bonds is 5. The van der Waals surface area contributed by atoms with Gasteiger partial charge in [-0.2, -0.15) is 5.10 Å². The molecule has 3 nitrogen and oxygen atoms in total. The zero-order valence-corrected chi connectivity index (χ0v) is 13.2. The van der Waals surface area contributed by atoms with E-state index in [-0.39, 0.29) is 6.04 Å². The summed E-state index contributed by atoms with van der Waals surface area (Å²) in [5.41, 5.74) is 6.27. The Morgan fingerprint density at radius 2 is 1.90 bits per heavy atom. The Morgan fingerprint density at radius 1 is 1.15 bits per heavy atom. The summed E-state index contributed by atoms with van der Waals surface area (Å²) in [5, 5.41) is 8.12. The van der Waals surface area contributed by atoms with E-state index in [0.717, 1.165) is 18.7 Å². The highest BCUT2D eigenvalue weighted by Gasteiger charge is 2.18. The van der Waals surface area contributed by atoms with Crippen LogP contribution in [0.1, 0.15) is 47.5 Å². The minimum atomic E-state index is 0.209. The van der Waals surface area contributed by atoms with Gasteiger partial charge >= 0.3 is 0 Å². The second-order valence-electron chi connectivity index (χ2n) is 5.57. The Hall–Kier alpha value is -1.61. The van der Waals surface area contributed by atoms with E-state index in [0.29, 0.717) is 0 Å². The summed E-state index contributed by atoms with van der Waals surface area (Å²) in [4.78, 5) is 0. The maximum atomic E-state index is 4.48. The van der Waals surface area contributed by atoms with Crippen LogP contribution in [0.3, 0.4) is 0 Å². The minimum Gasteiger partial charge on any atom is -0.305 e. The molecule has 2 rings (SSSR count). The predicted molar refractivity (Wildman–Crippen MR) is 84.0 cm³/mol. The van der Waals surface area contributed by atoms with Crippen LogP contribution < -0.4 is 5.32 Å². The Balaban J connectivity index is 2.41. The molecule has 1 aromatic carbocycles. The first-order chi connectivity index (χ1) is 9.52. The number of nitrogens with zero attached hydrogens (tertiary/aromatic N) is 2. The summed E-state index contributed by atoms with van der Waals surface area (Å²) in [6.45, 7) is 9.56. The molecule has 0 amide bonds. The second kappa shape index (κ2) is 6.23. The van der Waals surface area contributed by atoms with Crippen molar-refractivity contribution in [1.82, 2.24) is 15.1 Å². The van der Waals surface area contributed by atoms with E-state index < -0.39 is 0 Å². The smallest absolute Gasteiger partial charge is 0.0748 e. The van der Waals surface area contributed by atoms with E-state index in [1.165, 1.54) is 22.4 Å². The molecule has 2 aromatic rings. The quantitative estimate of drug-likeness (QED) is 0.903. The lowest BCUT2D eigenvalue weighted by Crippen LogP contribution is -2.25. The average Bonchev–Trinajstić information content (AvgIpc) is 2.73. The van der Waals surface area contributed by atoms with E-state index in [1.807, 2.05) is 18.7 Å². The van der Waals surface area contributed by atoms with Crippen molar-refractivity contribution < 1.29 is 0 Å². The Kier molecular flexibility index (Phi) is 4.61. The van der Waals surface area contributed by atoms with Crippen molar-refractivity contribution in [3.63, 3.8) is 0 Å². The molecule has 108 valence electrons. The summed E-state index contributed by atoms with van der Waals surface area (Å²) in [7, 11) is 2.02. The molecule has 0 fully saturated rings. The molecule has 20 heavy (non-hydrogen) atoms. The van der Waals surface area contributed by atoms with Crippen molar-refractivity contribution in [1.29, 1.82) is 0 Å². The van der Waals surface area contributed by atoms with Gasteiger partial charge in [0, 0.05) is 7.05 Å². The highest BCUT2D eigenvalue weighted by atomic mass is 15.3. The van der Waals surface area contributed by atoms with Gasteiger partial charge in [0.2, 0.25) is 0 Å². The first-order valence-electron chi connectivity index (χ1n) is 7.34. The lowest BCUT2D eigenvalue weighted by atomic mass is 9.98.